The number of thiazole rings is 1. The Morgan fingerprint density at radius 1 is 1.33 bits per heavy atom. The minimum atomic E-state index is -0.789. The first-order valence-corrected chi connectivity index (χ1v) is 8.52. The zero-order chi connectivity index (χ0) is 16.7. The van der Waals surface area contributed by atoms with Crippen molar-refractivity contribution in [3.05, 3.63) is 58.6 Å². The van der Waals surface area contributed by atoms with Crippen LogP contribution in [0.1, 0.15) is 18.4 Å². The fraction of sp³-hybridized carbons (Fsp3) is 0.188. The summed E-state index contributed by atoms with van der Waals surface area (Å²) in [6.45, 7) is 0. The lowest BCUT2D eigenvalue weighted by molar-refractivity contribution is -0.118. The lowest BCUT2D eigenvalue weighted by atomic mass is 9.94. The molecule has 0 saturated heterocycles. The first kappa shape index (κ1) is 15.3. The minimum Gasteiger partial charge on any atom is -0.308 e. The van der Waals surface area contributed by atoms with Gasteiger partial charge in [-0.2, -0.15) is 0 Å². The molecule has 1 aromatic carbocycles. The van der Waals surface area contributed by atoms with Crippen molar-refractivity contribution < 1.29 is 9.18 Å². The Kier molecular flexibility index (Phi) is 3.62. The molecule has 1 amide bonds. The average molecular weight is 363 g/mol. The number of rotatable bonds is 4. The molecule has 3 aromatic rings. The molecule has 1 saturated carbocycles. The molecule has 2 heterocycles. The quantitative estimate of drug-likeness (QED) is 0.768. The molecule has 5 nitrogen and oxygen atoms in total. The van der Waals surface area contributed by atoms with Crippen LogP contribution in [0.25, 0.3) is 5.00 Å². The maximum Gasteiger partial charge on any atom is 0.236 e. The van der Waals surface area contributed by atoms with Crippen LogP contribution in [0.4, 0.5) is 10.2 Å². The van der Waals surface area contributed by atoms with E-state index < -0.39 is 5.41 Å². The molecule has 2 aromatic heterocycles. The molecule has 0 unspecified atom stereocenters. The highest BCUT2D eigenvalue weighted by molar-refractivity contribution is 7.18. The van der Waals surface area contributed by atoms with Gasteiger partial charge in [0.05, 0.1) is 11.6 Å². The van der Waals surface area contributed by atoms with Crippen molar-refractivity contribution in [2.45, 2.75) is 18.3 Å². The summed E-state index contributed by atoms with van der Waals surface area (Å²) in [6.07, 6.45) is 4.57. The van der Waals surface area contributed by atoms with E-state index in [1.165, 1.54) is 17.4 Å². The standard InChI is InChI=1S/C16H12ClFN4OS/c17-15-19-9-13(24-15)22-8-5-12(21-22)20-14(23)16(6-7-16)10-3-1-2-4-11(10)18/h1-5,8-9H,6-7H2,(H,20,21,23). The van der Waals surface area contributed by atoms with Gasteiger partial charge in [-0.25, -0.2) is 14.1 Å². The maximum atomic E-state index is 14.0. The van der Waals surface area contributed by atoms with Crippen molar-refractivity contribution in [2.24, 2.45) is 0 Å². The molecule has 4 rings (SSSR count). The zero-order valence-electron chi connectivity index (χ0n) is 12.4. The van der Waals surface area contributed by atoms with Crippen molar-refractivity contribution in [3.63, 3.8) is 0 Å². The number of benzene rings is 1. The monoisotopic (exact) mass is 362 g/mol. The summed E-state index contributed by atoms with van der Waals surface area (Å²) < 4.78 is 16.0. The van der Waals surface area contributed by atoms with E-state index in [1.54, 1.807) is 41.3 Å². The van der Waals surface area contributed by atoms with Crippen LogP contribution in [0.5, 0.6) is 0 Å². The number of nitrogens with zero attached hydrogens (tertiary/aromatic N) is 3. The van der Waals surface area contributed by atoms with Gasteiger partial charge in [0, 0.05) is 17.8 Å². The second kappa shape index (κ2) is 5.68. The minimum absolute atomic E-state index is 0.236. The molecule has 0 aliphatic heterocycles. The molecule has 1 aliphatic rings. The molecule has 0 atom stereocenters. The highest BCUT2D eigenvalue weighted by atomic mass is 35.5. The van der Waals surface area contributed by atoms with Gasteiger partial charge in [-0.3, -0.25) is 4.79 Å². The van der Waals surface area contributed by atoms with Crippen LogP contribution in [0.2, 0.25) is 4.47 Å². The lowest BCUT2D eigenvalue weighted by Crippen LogP contribution is -2.28. The molecule has 8 heteroatoms. The van der Waals surface area contributed by atoms with Gasteiger partial charge in [0.15, 0.2) is 10.3 Å². The third-order valence-corrected chi connectivity index (χ3v) is 5.20. The fourth-order valence-corrected chi connectivity index (χ4v) is 3.56. The predicted molar refractivity (Wildman–Crippen MR) is 90.2 cm³/mol. The number of amides is 1. The van der Waals surface area contributed by atoms with Crippen LogP contribution in [0, 0.1) is 5.82 Å². The van der Waals surface area contributed by atoms with Gasteiger partial charge in [0.2, 0.25) is 5.91 Å². The Morgan fingerprint density at radius 2 is 2.12 bits per heavy atom. The number of hydrogen-bond acceptors (Lipinski definition) is 4. The maximum absolute atomic E-state index is 14.0. The van der Waals surface area contributed by atoms with Crippen LogP contribution in [-0.2, 0) is 10.2 Å². The molecule has 0 bridgehead atoms. The van der Waals surface area contributed by atoms with Gasteiger partial charge in [-0.15, -0.1) is 5.10 Å². The van der Waals surface area contributed by atoms with E-state index in [4.69, 9.17) is 11.6 Å². The van der Waals surface area contributed by atoms with Crippen LogP contribution >= 0.6 is 22.9 Å². The predicted octanol–water partition coefficient (Wildman–Crippen LogP) is 3.79. The topological polar surface area (TPSA) is 59.8 Å². The SMILES string of the molecule is O=C(Nc1ccn(-c2cnc(Cl)s2)n1)C1(c2ccccc2F)CC1. The van der Waals surface area contributed by atoms with Gasteiger partial charge >= 0.3 is 0 Å². The van der Waals surface area contributed by atoms with E-state index in [1.807, 2.05) is 0 Å². The summed E-state index contributed by atoms with van der Waals surface area (Å²) in [6, 6.07) is 8.09. The van der Waals surface area contributed by atoms with Gasteiger partial charge in [0.25, 0.3) is 0 Å². The Hall–Kier alpha value is -2.25. The highest BCUT2D eigenvalue weighted by Crippen LogP contribution is 2.49. The third kappa shape index (κ3) is 2.59. The largest absolute Gasteiger partial charge is 0.308 e. The van der Waals surface area contributed by atoms with E-state index in [0.717, 1.165) is 5.00 Å². The molecular weight excluding hydrogens is 351 g/mol. The summed E-state index contributed by atoms with van der Waals surface area (Å²) in [5, 5.41) is 7.82. The molecule has 1 fully saturated rings. The van der Waals surface area contributed by atoms with Crippen molar-refractivity contribution in [1.82, 2.24) is 14.8 Å². The van der Waals surface area contributed by atoms with E-state index >= 15 is 0 Å². The van der Waals surface area contributed by atoms with Crippen molar-refractivity contribution in [1.29, 1.82) is 0 Å². The van der Waals surface area contributed by atoms with Crippen LogP contribution in [0.15, 0.2) is 42.7 Å². The van der Waals surface area contributed by atoms with Crippen molar-refractivity contribution in [2.75, 3.05) is 5.32 Å². The number of halogens is 2. The summed E-state index contributed by atoms with van der Waals surface area (Å²) >= 11 is 7.10. The van der Waals surface area contributed by atoms with Gasteiger partial charge in [-0.05, 0) is 18.9 Å². The average Bonchev–Trinajstić information content (AvgIpc) is 3.05. The number of hydrogen-bond donors (Lipinski definition) is 1. The summed E-state index contributed by atoms with van der Waals surface area (Å²) in [7, 11) is 0. The van der Waals surface area contributed by atoms with Crippen LogP contribution in [-0.4, -0.2) is 20.7 Å². The smallest absolute Gasteiger partial charge is 0.236 e. The normalized spacial score (nSPS) is 15.2. The first-order valence-electron chi connectivity index (χ1n) is 7.32. The molecule has 1 aliphatic carbocycles. The molecule has 1 N–H and O–H groups in total. The summed E-state index contributed by atoms with van der Waals surface area (Å²) in [4.78, 5) is 16.6. The Morgan fingerprint density at radius 3 is 2.79 bits per heavy atom. The summed E-state index contributed by atoms with van der Waals surface area (Å²) in [5.74, 6) is -0.178. The van der Waals surface area contributed by atoms with Gasteiger partial charge in [0.1, 0.15) is 10.8 Å². The fourth-order valence-electron chi connectivity index (χ4n) is 2.69. The van der Waals surface area contributed by atoms with Crippen LogP contribution in [0.3, 0.4) is 0 Å². The number of carbonyl (C=O) groups is 1. The Bertz CT molecular complexity index is 918. The second-order valence-corrected chi connectivity index (χ2v) is 7.20. The third-order valence-electron chi connectivity index (χ3n) is 4.10. The summed E-state index contributed by atoms with van der Waals surface area (Å²) in [5.41, 5.74) is -0.348. The first-order chi connectivity index (χ1) is 11.6. The van der Waals surface area contributed by atoms with Crippen LogP contribution < -0.4 is 5.32 Å². The van der Waals surface area contributed by atoms with Crippen molar-refractivity contribution in [3.8, 4) is 5.00 Å². The second-order valence-electron chi connectivity index (χ2n) is 5.61. The molecule has 24 heavy (non-hydrogen) atoms. The number of nitrogens with one attached hydrogen (secondary N) is 1. The van der Waals surface area contributed by atoms with E-state index in [2.05, 4.69) is 15.4 Å². The molecular formula is C16H12ClFN4OS. The van der Waals surface area contributed by atoms with E-state index in [0.29, 0.717) is 28.7 Å². The Balaban J connectivity index is 1.55. The number of carbonyl (C=O) groups excluding carboxylic acids is 1. The lowest BCUT2D eigenvalue weighted by Gasteiger charge is -2.15. The van der Waals surface area contributed by atoms with E-state index in [-0.39, 0.29) is 11.7 Å². The zero-order valence-corrected chi connectivity index (χ0v) is 13.9. The highest BCUT2D eigenvalue weighted by Gasteiger charge is 2.52. The number of anilines is 1. The van der Waals surface area contributed by atoms with Gasteiger partial charge < -0.3 is 5.32 Å². The molecule has 0 spiro atoms. The molecule has 122 valence electrons. The Labute approximate surface area is 146 Å². The van der Waals surface area contributed by atoms with Crippen molar-refractivity contribution >= 4 is 34.7 Å². The van der Waals surface area contributed by atoms with E-state index in [9.17, 15) is 9.18 Å². The number of aromatic nitrogens is 3. The van der Waals surface area contributed by atoms with Gasteiger partial charge in [-0.1, -0.05) is 41.1 Å². The molecule has 0 radical (unpaired) electrons.